The first-order chi connectivity index (χ1) is 14.7. The fourth-order valence-corrected chi connectivity index (χ4v) is 3.85. The average Bonchev–Trinajstić information content (AvgIpc) is 3.18. The van der Waals surface area contributed by atoms with E-state index >= 15 is 0 Å². The minimum Gasteiger partial charge on any atom is -0.461 e. The molecule has 2 aromatic heterocycles. The van der Waals surface area contributed by atoms with Crippen molar-refractivity contribution in [3.05, 3.63) is 60.0 Å². The summed E-state index contributed by atoms with van der Waals surface area (Å²) in [6, 6.07) is 14.9. The molecule has 0 atom stereocenters. The van der Waals surface area contributed by atoms with E-state index in [0.717, 1.165) is 67.4 Å². The quantitative estimate of drug-likeness (QED) is 0.481. The first kappa shape index (κ1) is 20.3. The highest BCUT2D eigenvalue weighted by Gasteiger charge is 2.20. The highest BCUT2D eigenvalue weighted by molar-refractivity contribution is 5.80. The molecule has 0 spiro atoms. The maximum atomic E-state index is 5.90. The monoisotopic (exact) mass is 405 g/mol. The summed E-state index contributed by atoms with van der Waals surface area (Å²) in [4.78, 5) is 11.7. The molecule has 0 saturated carbocycles. The molecule has 1 aliphatic heterocycles. The summed E-state index contributed by atoms with van der Waals surface area (Å²) in [6.45, 7) is 7.73. The van der Waals surface area contributed by atoms with Crippen molar-refractivity contribution in [1.29, 1.82) is 0 Å². The van der Waals surface area contributed by atoms with Gasteiger partial charge in [0.25, 0.3) is 0 Å². The van der Waals surface area contributed by atoms with E-state index in [9.17, 15) is 0 Å². The van der Waals surface area contributed by atoms with Crippen LogP contribution in [0.1, 0.15) is 31.1 Å². The third kappa shape index (κ3) is 5.12. The molecule has 0 unspecified atom stereocenters. The van der Waals surface area contributed by atoms with E-state index in [0.29, 0.717) is 12.6 Å². The van der Waals surface area contributed by atoms with Gasteiger partial charge in [-0.3, -0.25) is 4.99 Å². The summed E-state index contributed by atoms with van der Waals surface area (Å²) in [5, 5.41) is 8.14. The molecule has 3 aromatic rings. The van der Waals surface area contributed by atoms with Gasteiger partial charge in [-0.2, -0.15) is 0 Å². The lowest BCUT2D eigenvalue weighted by Gasteiger charge is -2.33. The normalized spacial score (nSPS) is 15.5. The van der Waals surface area contributed by atoms with E-state index in [1.807, 2.05) is 24.4 Å². The van der Waals surface area contributed by atoms with Crippen molar-refractivity contribution in [3.8, 4) is 0 Å². The number of hydrogen-bond acceptors (Lipinski definition) is 4. The van der Waals surface area contributed by atoms with E-state index in [1.54, 1.807) is 0 Å². The minimum atomic E-state index is 0.427. The van der Waals surface area contributed by atoms with E-state index in [1.165, 1.54) is 5.56 Å². The number of nitrogens with zero attached hydrogens (tertiary/aromatic N) is 3. The zero-order chi connectivity index (χ0) is 20.8. The molecule has 1 aliphatic rings. The number of benzene rings is 1. The summed E-state index contributed by atoms with van der Waals surface area (Å²) >= 11 is 0. The van der Waals surface area contributed by atoms with Gasteiger partial charge in [0.15, 0.2) is 5.96 Å². The maximum absolute atomic E-state index is 5.90. The Bertz CT molecular complexity index is 938. The van der Waals surface area contributed by atoms with Crippen LogP contribution in [0.15, 0.2) is 58.1 Å². The molecule has 1 aromatic carbocycles. The van der Waals surface area contributed by atoms with Crippen LogP contribution in [0.2, 0.25) is 0 Å². The molecule has 158 valence electrons. The van der Waals surface area contributed by atoms with Crippen molar-refractivity contribution in [3.63, 3.8) is 0 Å². The molecule has 30 heavy (non-hydrogen) atoms. The Balaban J connectivity index is 1.29. The Labute approximate surface area is 178 Å². The Morgan fingerprint density at radius 3 is 2.77 bits per heavy atom. The zero-order valence-corrected chi connectivity index (χ0v) is 17.9. The van der Waals surface area contributed by atoms with Crippen molar-refractivity contribution in [2.75, 3.05) is 31.1 Å². The van der Waals surface area contributed by atoms with Gasteiger partial charge in [-0.25, -0.2) is 4.98 Å². The molecule has 0 radical (unpaired) electrons. The fourth-order valence-electron chi connectivity index (χ4n) is 3.85. The van der Waals surface area contributed by atoms with Crippen molar-refractivity contribution < 1.29 is 4.42 Å². The number of guanidine groups is 1. The molecule has 2 N–H and O–H groups in total. The van der Waals surface area contributed by atoms with Crippen LogP contribution < -0.4 is 15.5 Å². The number of aryl methyl sites for hydroxylation is 1. The predicted octanol–water partition coefficient (Wildman–Crippen LogP) is 3.90. The number of nitrogens with one attached hydrogen (secondary N) is 2. The zero-order valence-electron chi connectivity index (χ0n) is 17.9. The number of anilines is 1. The van der Waals surface area contributed by atoms with Gasteiger partial charge in [0.05, 0.1) is 0 Å². The van der Waals surface area contributed by atoms with Crippen LogP contribution in [-0.2, 0) is 6.42 Å². The highest BCUT2D eigenvalue weighted by Crippen LogP contribution is 2.19. The topological polar surface area (TPSA) is 65.7 Å². The Kier molecular flexibility index (Phi) is 6.52. The number of pyridine rings is 1. The van der Waals surface area contributed by atoms with Crippen LogP contribution in [0.3, 0.4) is 0 Å². The van der Waals surface area contributed by atoms with Gasteiger partial charge in [-0.1, -0.05) is 24.3 Å². The molecule has 3 heterocycles. The lowest BCUT2D eigenvalue weighted by atomic mass is 10.1. The van der Waals surface area contributed by atoms with Gasteiger partial charge in [0.2, 0.25) is 0 Å². The molecule has 0 bridgehead atoms. The molecular formula is C24H31N5O. The Morgan fingerprint density at radius 2 is 2.03 bits per heavy atom. The van der Waals surface area contributed by atoms with Crippen LogP contribution in [0.25, 0.3) is 11.0 Å². The molecule has 1 fully saturated rings. The van der Waals surface area contributed by atoms with Crippen molar-refractivity contribution in [2.24, 2.45) is 4.99 Å². The van der Waals surface area contributed by atoms with Crippen LogP contribution in [-0.4, -0.2) is 43.2 Å². The number of piperidine rings is 1. The van der Waals surface area contributed by atoms with Gasteiger partial charge in [0.1, 0.15) is 17.2 Å². The Hall–Kier alpha value is -3.02. The Morgan fingerprint density at radius 1 is 1.20 bits per heavy atom. The number of aromatic nitrogens is 1. The smallest absolute Gasteiger partial charge is 0.191 e. The molecule has 0 aliphatic carbocycles. The fraction of sp³-hybridized carbons (Fsp3) is 0.417. The third-order valence-electron chi connectivity index (χ3n) is 5.50. The van der Waals surface area contributed by atoms with E-state index in [2.05, 4.69) is 58.6 Å². The largest absolute Gasteiger partial charge is 0.461 e. The number of rotatable bonds is 6. The van der Waals surface area contributed by atoms with Crippen LogP contribution >= 0.6 is 0 Å². The van der Waals surface area contributed by atoms with Gasteiger partial charge >= 0.3 is 0 Å². The number of aliphatic imine (C=N–C) groups is 1. The summed E-state index contributed by atoms with van der Waals surface area (Å²) < 4.78 is 5.90. The number of fused-ring (bicyclic) bond motifs is 1. The van der Waals surface area contributed by atoms with Gasteiger partial charge < -0.3 is 20.0 Å². The van der Waals surface area contributed by atoms with Crippen molar-refractivity contribution in [1.82, 2.24) is 15.6 Å². The lowest BCUT2D eigenvalue weighted by Crippen LogP contribution is -2.49. The highest BCUT2D eigenvalue weighted by atomic mass is 16.3. The minimum absolute atomic E-state index is 0.427. The van der Waals surface area contributed by atoms with Gasteiger partial charge in [-0.05, 0) is 50.5 Å². The first-order valence-corrected chi connectivity index (χ1v) is 10.9. The van der Waals surface area contributed by atoms with Crippen LogP contribution in [0.5, 0.6) is 0 Å². The molecule has 1 saturated heterocycles. The van der Waals surface area contributed by atoms with Crippen molar-refractivity contribution >= 4 is 22.7 Å². The maximum Gasteiger partial charge on any atom is 0.191 e. The van der Waals surface area contributed by atoms with E-state index in [-0.39, 0.29) is 0 Å². The summed E-state index contributed by atoms with van der Waals surface area (Å²) in [5.41, 5.74) is 2.14. The van der Waals surface area contributed by atoms with E-state index in [4.69, 9.17) is 9.41 Å². The predicted molar refractivity (Wildman–Crippen MR) is 123 cm³/mol. The van der Waals surface area contributed by atoms with Gasteiger partial charge in [-0.15, -0.1) is 0 Å². The number of furan rings is 1. The summed E-state index contributed by atoms with van der Waals surface area (Å²) in [5.74, 6) is 2.95. The number of para-hydroxylation sites is 1. The number of hydrogen-bond donors (Lipinski definition) is 2. The molecule has 4 rings (SSSR count). The molecule has 6 nitrogen and oxygen atoms in total. The SMILES string of the molecule is CCNC(=NCCc1cc2ccccc2o1)NC1CCN(c2ccc(C)cn2)CC1. The summed E-state index contributed by atoms with van der Waals surface area (Å²) in [7, 11) is 0. The summed E-state index contributed by atoms with van der Waals surface area (Å²) in [6.07, 6.45) is 4.88. The second-order valence-corrected chi connectivity index (χ2v) is 7.86. The molecule has 0 amide bonds. The first-order valence-electron chi connectivity index (χ1n) is 10.9. The van der Waals surface area contributed by atoms with Crippen molar-refractivity contribution in [2.45, 2.75) is 39.2 Å². The van der Waals surface area contributed by atoms with Crippen LogP contribution in [0.4, 0.5) is 5.82 Å². The van der Waals surface area contributed by atoms with Crippen LogP contribution in [0, 0.1) is 6.92 Å². The van der Waals surface area contributed by atoms with E-state index < -0.39 is 0 Å². The lowest BCUT2D eigenvalue weighted by molar-refractivity contribution is 0.459. The molecular weight excluding hydrogens is 374 g/mol. The standard InChI is InChI=1S/C24H31N5O/c1-3-25-24(26-13-10-21-16-19-6-4-5-7-22(19)30-21)28-20-11-14-29(15-12-20)23-9-8-18(2)17-27-23/h4-9,16-17,20H,3,10-15H2,1-2H3,(H2,25,26,28). The molecule has 6 heteroatoms. The second-order valence-electron chi connectivity index (χ2n) is 7.86. The second kappa shape index (κ2) is 9.65. The third-order valence-corrected chi connectivity index (χ3v) is 5.50. The van der Waals surface area contributed by atoms with Gasteiger partial charge in [0, 0.05) is 50.2 Å². The average molecular weight is 406 g/mol.